The number of hydrogen-bond donors (Lipinski definition) is 0. The zero-order valence-electron chi connectivity index (χ0n) is 15.2. The Morgan fingerprint density at radius 2 is 1.89 bits per heavy atom. The Morgan fingerprint density at radius 3 is 2.61 bits per heavy atom. The first-order valence-corrected chi connectivity index (χ1v) is 12.0. The highest BCUT2D eigenvalue weighted by atomic mass is 35.5. The van der Waals surface area contributed by atoms with Gasteiger partial charge >= 0.3 is 0 Å². The van der Waals surface area contributed by atoms with Gasteiger partial charge in [-0.05, 0) is 24.6 Å². The largest absolute Gasteiger partial charge is 0.314 e. The zero-order chi connectivity index (χ0) is 19.9. The van der Waals surface area contributed by atoms with Crippen LogP contribution in [0.5, 0.6) is 0 Å². The summed E-state index contributed by atoms with van der Waals surface area (Å²) in [6.45, 7) is 2.00. The lowest BCUT2D eigenvalue weighted by Gasteiger charge is -2.25. The first kappa shape index (κ1) is 19.5. The third-order valence-corrected chi connectivity index (χ3v) is 8.40. The van der Waals surface area contributed by atoms with Crippen molar-refractivity contribution >= 4 is 50.0 Å². The van der Waals surface area contributed by atoms with E-state index in [2.05, 4.69) is 4.99 Å². The molecule has 8 heteroatoms. The van der Waals surface area contributed by atoms with Crippen molar-refractivity contribution in [1.82, 2.24) is 0 Å². The van der Waals surface area contributed by atoms with Gasteiger partial charge in [0, 0.05) is 5.25 Å². The van der Waals surface area contributed by atoms with Gasteiger partial charge in [0.2, 0.25) is 0 Å². The van der Waals surface area contributed by atoms with Crippen LogP contribution in [0.15, 0.2) is 53.5 Å². The summed E-state index contributed by atoms with van der Waals surface area (Å²) in [5, 5.41) is 0.883. The van der Waals surface area contributed by atoms with Crippen molar-refractivity contribution in [3.05, 3.63) is 64.7 Å². The maximum atomic E-state index is 12.6. The summed E-state index contributed by atoms with van der Waals surface area (Å²) >= 11 is 7.73. The normalized spacial score (nSPS) is 24.5. The molecule has 28 heavy (non-hydrogen) atoms. The lowest BCUT2D eigenvalue weighted by molar-refractivity contribution is -0.117. The predicted molar refractivity (Wildman–Crippen MR) is 115 cm³/mol. The van der Waals surface area contributed by atoms with E-state index in [4.69, 9.17) is 11.6 Å². The van der Waals surface area contributed by atoms with Gasteiger partial charge in [0.05, 0.1) is 34.7 Å². The molecule has 2 heterocycles. The number of thioether (sulfide) groups is 1. The minimum atomic E-state index is -3.11. The topological polar surface area (TPSA) is 66.8 Å². The van der Waals surface area contributed by atoms with Gasteiger partial charge in [0.1, 0.15) is 0 Å². The van der Waals surface area contributed by atoms with Crippen LogP contribution in [0.2, 0.25) is 5.02 Å². The number of sulfone groups is 1. The van der Waals surface area contributed by atoms with Crippen LogP contribution in [-0.4, -0.2) is 42.3 Å². The molecule has 4 rings (SSSR count). The Hall–Kier alpha value is -1.83. The van der Waals surface area contributed by atoms with E-state index in [0.29, 0.717) is 15.9 Å². The predicted octanol–water partition coefficient (Wildman–Crippen LogP) is 3.49. The van der Waals surface area contributed by atoms with Crippen molar-refractivity contribution in [2.45, 2.75) is 24.6 Å². The molecule has 2 atom stereocenters. The zero-order valence-corrected chi connectivity index (χ0v) is 17.6. The van der Waals surface area contributed by atoms with E-state index in [1.54, 1.807) is 6.07 Å². The van der Waals surface area contributed by atoms with E-state index in [1.165, 1.54) is 11.8 Å². The van der Waals surface area contributed by atoms with E-state index in [1.807, 2.05) is 54.3 Å². The number of halogens is 1. The lowest BCUT2D eigenvalue weighted by atomic mass is 10.1. The van der Waals surface area contributed by atoms with E-state index in [0.717, 1.165) is 11.1 Å². The first-order valence-electron chi connectivity index (χ1n) is 8.90. The number of carbonyl (C=O) groups excluding carboxylic acids is 1. The summed E-state index contributed by atoms with van der Waals surface area (Å²) < 4.78 is 24.2. The van der Waals surface area contributed by atoms with Crippen molar-refractivity contribution in [2.75, 3.05) is 16.4 Å². The summed E-state index contributed by atoms with van der Waals surface area (Å²) in [5.74, 6) is -0.124. The average molecular weight is 435 g/mol. The van der Waals surface area contributed by atoms with Crippen LogP contribution in [0.3, 0.4) is 0 Å². The number of carbonyl (C=O) groups is 1. The molecular weight excluding hydrogens is 416 g/mol. The number of aryl methyl sites for hydroxylation is 1. The minimum Gasteiger partial charge on any atom is -0.314 e. The van der Waals surface area contributed by atoms with E-state index >= 15 is 0 Å². The summed E-state index contributed by atoms with van der Waals surface area (Å²) in [5.41, 5.74) is 2.71. The van der Waals surface area contributed by atoms with Crippen molar-refractivity contribution in [1.29, 1.82) is 0 Å². The maximum Gasteiger partial charge on any atom is 0.252 e. The number of hydrogen-bond acceptors (Lipinski definition) is 4. The van der Waals surface area contributed by atoms with Gasteiger partial charge in [-0.1, -0.05) is 65.3 Å². The van der Waals surface area contributed by atoms with Crippen molar-refractivity contribution in [3.63, 3.8) is 0 Å². The molecule has 146 valence electrons. The Labute approximate surface area is 173 Å². The number of fused-ring (bicyclic) bond motifs is 1. The number of nitrogens with zero attached hydrogens (tertiary/aromatic N) is 2. The molecule has 0 aromatic heterocycles. The van der Waals surface area contributed by atoms with Crippen molar-refractivity contribution in [3.8, 4) is 0 Å². The summed E-state index contributed by atoms with van der Waals surface area (Å²) in [6.07, 6.45) is 0.203. The van der Waals surface area contributed by atoms with Gasteiger partial charge in [0.25, 0.3) is 5.91 Å². The second kappa shape index (κ2) is 7.54. The Bertz CT molecular complexity index is 1050. The van der Waals surface area contributed by atoms with E-state index in [-0.39, 0.29) is 35.1 Å². The number of aliphatic imine (C=N–C) groups is 1. The third kappa shape index (κ3) is 3.97. The molecule has 1 amide bonds. The van der Waals surface area contributed by atoms with Crippen LogP contribution in [-0.2, 0) is 21.1 Å². The Balaban J connectivity index is 1.65. The highest BCUT2D eigenvalue weighted by molar-refractivity contribution is 8.16. The number of rotatable bonds is 3. The second-order valence-electron chi connectivity index (χ2n) is 7.07. The van der Waals surface area contributed by atoms with Crippen LogP contribution in [0.25, 0.3) is 0 Å². The number of amidine groups is 1. The Kier molecular flexibility index (Phi) is 5.24. The third-order valence-electron chi connectivity index (χ3n) is 4.87. The molecule has 2 saturated heterocycles. The van der Waals surface area contributed by atoms with Crippen molar-refractivity contribution < 1.29 is 13.2 Å². The number of para-hydroxylation sites is 1. The molecule has 2 aliphatic rings. The fourth-order valence-electron chi connectivity index (χ4n) is 3.52. The molecule has 2 aliphatic heterocycles. The SMILES string of the molecule is Cc1ccc(CC(=O)N=C2S[C@H]3CS(=O)(=O)C[C@@H]3N2c2ccccc2Cl)cc1. The number of benzene rings is 2. The van der Waals surface area contributed by atoms with Crippen LogP contribution >= 0.6 is 23.4 Å². The number of amides is 1. The first-order chi connectivity index (χ1) is 13.3. The summed E-state index contributed by atoms with van der Waals surface area (Å²) in [4.78, 5) is 18.7. The smallest absolute Gasteiger partial charge is 0.252 e. The molecule has 0 saturated carbocycles. The van der Waals surface area contributed by atoms with Gasteiger partial charge in [-0.25, -0.2) is 8.42 Å². The van der Waals surface area contributed by atoms with Gasteiger partial charge in [-0.3, -0.25) is 4.79 Å². The standard InChI is InChI=1S/C20H19ClN2O3S2/c1-13-6-8-14(9-7-13)10-19(24)22-20-23(16-5-3-2-4-15(16)21)17-11-28(25,26)12-18(17)27-20/h2-9,17-18H,10-12H2,1H3/t17-,18-/m0/s1. The van der Waals surface area contributed by atoms with Gasteiger partial charge < -0.3 is 4.90 Å². The summed E-state index contributed by atoms with van der Waals surface area (Å²) in [7, 11) is -3.11. The molecule has 5 nitrogen and oxygen atoms in total. The maximum absolute atomic E-state index is 12.6. The minimum absolute atomic E-state index is 0.0427. The van der Waals surface area contributed by atoms with Crippen molar-refractivity contribution in [2.24, 2.45) is 4.99 Å². The monoisotopic (exact) mass is 434 g/mol. The highest BCUT2D eigenvalue weighted by Gasteiger charge is 2.49. The average Bonchev–Trinajstić information content (AvgIpc) is 3.08. The fraction of sp³-hybridized carbons (Fsp3) is 0.300. The molecular formula is C20H19ClN2O3S2. The highest BCUT2D eigenvalue weighted by Crippen LogP contribution is 2.42. The van der Waals surface area contributed by atoms with Crippen LogP contribution < -0.4 is 4.90 Å². The lowest BCUT2D eigenvalue weighted by Crippen LogP contribution is -2.38. The number of anilines is 1. The molecule has 0 unspecified atom stereocenters. The van der Waals surface area contributed by atoms with E-state index in [9.17, 15) is 13.2 Å². The molecule has 2 aromatic carbocycles. The molecule has 0 radical (unpaired) electrons. The molecule has 0 spiro atoms. The molecule has 0 aliphatic carbocycles. The molecule has 0 N–H and O–H groups in total. The quantitative estimate of drug-likeness (QED) is 0.739. The fourth-order valence-corrected chi connectivity index (χ4v) is 7.67. The van der Waals surface area contributed by atoms with E-state index < -0.39 is 9.84 Å². The Morgan fingerprint density at radius 1 is 1.18 bits per heavy atom. The summed E-state index contributed by atoms with van der Waals surface area (Å²) in [6, 6.07) is 14.7. The van der Waals surface area contributed by atoms with Gasteiger partial charge in [-0.15, -0.1) is 0 Å². The van der Waals surface area contributed by atoms with Gasteiger partial charge in [-0.2, -0.15) is 4.99 Å². The van der Waals surface area contributed by atoms with Gasteiger partial charge in [0.15, 0.2) is 15.0 Å². The molecule has 0 bridgehead atoms. The van der Waals surface area contributed by atoms with Crippen LogP contribution in [0.1, 0.15) is 11.1 Å². The molecule has 2 aromatic rings. The molecule has 2 fully saturated rings. The second-order valence-corrected chi connectivity index (χ2v) is 10.8. The van der Waals surface area contributed by atoms with Crippen LogP contribution in [0.4, 0.5) is 5.69 Å². The van der Waals surface area contributed by atoms with Crippen LogP contribution in [0, 0.1) is 6.92 Å².